The lowest BCUT2D eigenvalue weighted by atomic mass is 9.61. The number of Topliss-reactive ketones (excluding diaryl/α,β-unsaturated/α-hetero) is 1. The van der Waals surface area contributed by atoms with Gasteiger partial charge >= 0.3 is 11.9 Å². The summed E-state index contributed by atoms with van der Waals surface area (Å²) in [6.07, 6.45) is -0.430. The number of esters is 2. The Morgan fingerprint density at radius 3 is 1.89 bits per heavy atom. The normalized spacial score (nSPS) is 23.6. The summed E-state index contributed by atoms with van der Waals surface area (Å²) in [6, 6.07) is 23.2. The number of rotatable bonds is 7. The van der Waals surface area contributed by atoms with Crippen LogP contribution >= 0.6 is 0 Å². The van der Waals surface area contributed by atoms with E-state index in [1.165, 1.54) is 31.2 Å². The molecule has 1 saturated carbocycles. The van der Waals surface area contributed by atoms with Crippen LogP contribution in [0.4, 0.5) is 4.39 Å². The van der Waals surface area contributed by atoms with Crippen molar-refractivity contribution in [2.24, 2.45) is 11.8 Å². The van der Waals surface area contributed by atoms with E-state index in [4.69, 9.17) is 9.47 Å². The predicted octanol–water partition coefficient (Wildman–Crippen LogP) is 4.35. The van der Waals surface area contributed by atoms with Crippen molar-refractivity contribution in [1.29, 1.82) is 0 Å². The number of carbonyl (C=O) groups is 3. The molecule has 4 rings (SSSR count). The zero-order valence-corrected chi connectivity index (χ0v) is 19.8. The number of benzene rings is 3. The maximum Gasteiger partial charge on any atom is 0.317 e. The van der Waals surface area contributed by atoms with Crippen molar-refractivity contribution in [1.82, 2.24) is 0 Å². The van der Waals surface area contributed by atoms with E-state index in [2.05, 4.69) is 0 Å². The Morgan fingerprint density at radius 2 is 1.36 bits per heavy atom. The van der Waals surface area contributed by atoms with Gasteiger partial charge in [-0.05, 0) is 35.7 Å². The van der Waals surface area contributed by atoms with Crippen molar-refractivity contribution in [3.05, 3.63) is 107 Å². The molecule has 3 aromatic carbocycles. The van der Waals surface area contributed by atoms with E-state index in [1.807, 2.05) is 12.1 Å². The highest BCUT2D eigenvalue weighted by molar-refractivity contribution is 6.02. The summed E-state index contributed by atoms with van der Waals surface area (Å²) >= 11 is 0. The minimum atomic E-state index is -1.79. The number of halogens is 1. The SMILES string of the molecule is C[C@]1(O)CC(=O)[C@H](C(=O)OCc2ccccc2)[C@@H](c2ccc(F)cc2)[C@H]1C(=O)OCc1ccccc1. The summed E-state index contributed by atoms with van der Waals surface area (Å²) in [4.78, 5) is 39.8. The lowest BCUT2D eigenvalue weighted by Crippen LogP contribution is -2.55. The van der Waals surface area contributed by atoms with Gasteiger partial charge in [0, 0.05) is 12.3 Å². The Bertz CT molecular complexity index is 1210. The molecule has 1 fully saturated rings. The number of carbonyl (C=O) groups excluding carboxylic acids is 3. The summed E-state index contributed by atoms with van der Waals surface area (Å²) in [7, 11) is 0. The van der Waals surface area contributed by atoms with Crippen molar-refractivity contribution >= 4 is 17.7 Å². The Balaban J connectivity index is 1.66. The van der Waals surface area contributed by atoms with Crippen LogP contribution in [0.3, 0.4) is 0 Å². The molecule has 0 aromatic heterocycles. The van der Waals surface area contributed by atoms with E-state index >= 15 is 0 Å². The molecule has 0 heterocycles. The van der Waals surface area contributed by atoms with Crippen LogP contribution in [0.15, 0.2) is 84.9 Å². The van der Waals surface area contributed by atoms with Gasteiger partial charge in [0.15, 0.2) is 5.78 Å². The number of hydrogen-bond donors (Lipinski definition) is 1. The van der Waals surface area contributed by atoms with Crippen LogP contribution in [0.5, 0.6) is 0 Å². The fourth-order valence-electron chi connectivity index (χ4n) is 4.74. The molecule has 3 aromatic rings. The molecule has 1 aliphatic rings. The van der Waals surface area contributed by atoms with E-state index in [0.717, 1.165) is 11.1 Å². The smallest absolute Gasteiger partial charge is 0.317 e. The number of hydrogen-bond acceptors (Lipinski definition) is 6. The second kappa shape index (κ2) is 10.8. The van der Waals surface area contributed by atoms with Gasteiger partial charge in [0.1, 0.15) is 24.9 Å². The van der Waals surface area contributed by atoms with E-state index < -0.39 is 53.3 Å². The first-order chi connectivity index (χ1) is 17.3. The second-order valence-corrected chi connectivity index (χ2v) is 9.22. The molecule has 186 valence electrons. The maximum absolute atomic E-state index is 13.7. The minimum absolute atomic E-state index is 0.0422. The van der Waals surface area contributed by atoms with E-state index in [9.17, 15) is 23.9 Å². The van der Waals surface area contributed by atoms with Crippen molar-refractivity contribution in [2.75, 3.05) is 0 Å². The van der Waals surface area contributed by atoms with Gasteiger partial charge in [0.05, 0.1) is 11.5 Å². The molecule has 36 heavy (non-hydrogen) atoms. The van der Waals surface area contributed by atoms with Crippen LogP contribution in [0.25, 0.3) is 0 Å². The van der Waals surface area contributed by atoms with Gasteiger partial charge in [0.2, 0.25) is 0 Å². The Kier molecular flexibility index (Phi) is 7.60. The highest BCUT2D eigenvalue weighted by Crippen LogP contribution is 2.47. The van der Waals surface area contributed by atoms with Gasteiger partial charge in [-0.2, -0.15) is 0 Å². The van der Waals surface area contributed by atoms with Gasteiger partial charge in [-0.15, -0.1) is 0 Å². The minimum Gasteiger partial charge on any atom is -0.461 e. The zero-order chi connectivity index (χ0) is 25.7. The summed E-state index contributed by atoms with van der Waals surface area (Å²) in [6.45, 7) is 1.28. The van der Waals surface area contributed by atoms with E-state index in [1.54, 1.807) is 48.5 Å². The van der Waals surface area contributed by atoms with Crippen LogP contribution in [0.1, 0.15) is 36.0 Å². The van der Waals surface area contributed by atoms with Crippen LogP contribution in [-0.2, 0) is 37.1 Å². The number of aliphatic hydroxyl groups is 1. The van der Waals surface area contributed by atoms with Crippen LogP contribution < -0.4 is 0 Å². The lowest BCUT2D eigenvalue weighted by molar-refractivity contribution is -0.174. The standard InChI is InChI=1S/C29H27FO6/c1-29(34)16-23(31)25(27(32)35-17-19-8-4-2-5-9-19)24(21-12-14-22(30)15-13-21)26(29)28(33)36-18-20-10-6-3-7-11-20/h2-15,24-26,34H,16-18H2,1H3/t24-,25+,26+,29+/m1/s1. The molecular formula is C29H27FO6. The molecule has 0 amide bonds. The monoisotopic (exact) mass is 490 g/mol. The van der Waals surface area contributed by atoms with Gasteiger partial charge < -0.3 is 14.6 Å². The molecule has 0 spiro atoms. The average molecular weight is 491 g/mol. The fraction of sp³-hybridized carbons (Fsp3) is 0.276. The summed E-state index contributed by atoms with van der Waals surface area (Å²) < 4.78 is 24.7. The molecule has 1 aliphatic carbocycles. The molecule has 0 radical (unpaired) electrons. The van der Waals surface area contributed by atoms with Crippen molar-refractivity contribution in [2.45, 2.75) is 38.1 Å². The van der Waals surface area contributed by atoms with Crippen molar-refractivity contribution in [3.8, 4) is 0 Å². The summed E-state index contributed by atoms with van der Waals surface area (Å²) in [5, 5.41) is 11.2. The van der Waals surface area contributed by atoms with Gasteiger partial charge in [-0.25, -0.2) is 4.39 Å². The molecule has 0 bridgehead atoms. The Labute approximate surface area is 208 Å². The predicted molar refractivity (Wildman–Crippen MR) is 129 cm³/mol. The van der Waals surface area contributed by atoms with E-state index in [0.29, 0.717) is 5.56 Å². The highest BCUT2D eigenvalue weighted by Gasteiger charge is 2.57. The first-order valence-electron chi connectivity index (χ1n) is 11.7. The molecule has 6 nitrogen and oxygen atoms in total. The molecule has 0 saturated heterocycles. The topological polar surface area (TPSA) is 89.9 Å². The largest absolute Gasteiger partial charge is 0.461 e. The summed E-state index contributed by atoms with van der Waals surface area (Å²) in [5.74, 6) is -6.37. The number of ether oxygens (including phenoxy) is 2. The summed E-state index contributed by atoms with van der Waals surface area (Å²) in [5.41, 5.74) is 0.0426. The number of ketones is 1. The third-order valence-corrected chi connectivity index (χ3v) is 6.48. The van der Waals surface area contributed by atoms with Crippen LogP contribution in [0, 0.1) is 17.7 Å². The first-order valence-corrected chi connectivity index (χ1v) is 11.7. The molecular weight excluding hydrogens is 463 g/mol. The quantitative estimate of drug-likeness (QED) is 0.391. The van der Waals surface area contributed by atoms with Crippen LogP contribution in [-0.4, -0.2) is 28.4 Å². The maximum atomic E-state index is 13.7. The molecule has 7 heteroatoms. The third kappa shape index (κ3) is 5.69. The lowest BCUT2D eigenvalue weighted by Gasteiger charge is -2.43. The Morgan fingerprint density at radius 1 is 0.861 bits per heavy atom. The Hall–Kier alpha value is -3.84. The highest BCUT2D eigenvalue weighted by atomic mass is 19.1. The first kappa shape index (κ1) is 25.3. The van der Waals surface area contributed by atoms with Gasteiger partial charge in [-0.3, -0.25) is 14.4 Å². The fourth-order valence-corrected chi connectivity index (χ4v) is 4.74. The molecule has 0 aliphatic heterocycles. The second-order valence-electron chi connectivity index (χ2n) is 9.22. The van der Waals surface area contributed by atoms with Gasteiger partial charge in [-0.1, -0.05) is 72.8 Å². The average Bonchev–Trinajstić information content (AvgIpc) is 2.86. The van der Waals surface area contributed by atoms with E-state index in [-0.39, 0.29) is 13.2 Å². The third-order valence-electron chi connectivity index (χ3n) is 6.48. The molecule has 0 unspecified atom stereocenters. The zero-order valence-electron chi connectivity index (χ0n) is 19.8. The molecule has 4 atom stereocenters. The van der Waals surface area contributed by atoms with Crippen LogP contribution in [0.2, 0.25) is 0 Å². The van der Waals surface area contributed by atoms with Gasteiger partial charge in [0.25, 0.3) is 0 Å². The van der Waals surface area contributed by atoms with Crippen molar-refractivity contribution in [3.63, 3.8) is 0 Å². The molecule has 1 N–H and O–H groups in total. The van der Waals surface area contributed by atoms with Crippen molar-refractivity contribution < 1.29 is 33.4 Å².